The minimum atomic E-state index is -4.40. The molecule has 0 aromatic heterocycles. The number of methoxy groups -OCH3 is 1. The van der Waals surface area contributed by atoms with E-state index < -0.39 is 39.3 Å². The Morgan fingerprint density at radius 1 is 1.17 bits per heavy atom. The summed E-state index contributed by atoms with van der Waals surface area (Å²) in [6.07, 6.45) is 0.394. The summed E-state index contributed by atoms with van der Waals surface area (Å²) in [5.41, 5.74) is 0.421. The number of amides is 1. The fourth-order valence-electron chi connectivity index (χ4n) is 4.98. The first-order valence-electron chi connectivity index (χ1n) is 11.2. The third-order valence-electron chi connectivity index (χ3n) is 6.62. The van der Waals surface area contributed by atoms with E-state index in [1.54, 1.807) is 44.2 Å². The molecule has 0 aliphatic carbocycles. The monoisotopic (exact) mass is 541 g/mol. The van der Waals surface area contributed by atoms with Gasteiger partial charge in [0.15, 0.2) is 0 Å². The highest BCUT2D eigenvalue weighted by Gasteiger charge is 2.52. The van der Waals surface area contributed by atoms with Crippen molar-refractivity contribution in [2.45, 2.75) is 51.1 Å². The molecule has 1 heterocycles. The SMILES string of the molecule is CCC(CS(=O)(=O)O)N1C(=O)C(C)(CC(=O)OC)CC(c2cccc(Cl)c2)C1c1ccc(Cl)cc1. The van der Waals surface area contributed by atoms with Gasteiger partial charge in [-0.15, -0.1) is 0 Å². The highest BCUT2D eigenvalue weighted by atomic mass is 35.5. The van der Waals surface area contributed by atoms with Crippen LogP contribution in [0.2, 0.25) is 10.0 Å². The first-order chi connectivity index (χ1) is 16.4. The van der Waals surface area contributed by atoms with Crippen molar-refractivity contribution < 1.29 is 27.3 Å². The largest absolute Gasteiger partial charge is 0.469 e. The van der Waals surface area contributed by atoms with E-state index in [1.165, 1.54) is 12.0 Å². The Bertz CT molecular complexity index is 1190. The Hall–Kier alpha value is -2.13. The van der Waals surface area contributed by atoms with Crippen molar-refractivity contribution in [3.05, 3.63) is 69.7 Å². The van der Waals surface area contributed by atoms with E-state index >= 15 is 0 Å². The van der Waals surface area contributed by atoms with E-state index in [0.717, 1.165) is 11.1 Å². The fraction of sp³-hybridized carbons (Fsp3) is 0.440. The second-order valence-electron chi connectivity index (χ2n) is 9.20. The summed E-state index contributed by atoms with van der Waals surface area (Å²) < 4.78 is 38.4. The molecule has 3 rings (SSSR count). The Balaban J connectivity index is 2.26. The van der Waals surface area contributed by atoms with Crippen molar-refractivity contribution in [1.82, 2.24) is 4.90 Å². The Labute approximate surface area is 216 Å². The molecule has 1 amide bonds. The van der Waals surface area contributed by atoms with Crippen molar-refractivity contribution in [2.75, 3.05) is 12.9 Å². The van der Waals surface area contributed by atoms with Gasteiger partial charge in [-0.2, -0.15) is 8.42 Å². The lowest BCUT2D eigenvalue weighted by molar-refractivity contribution is -0.161. The molecular formula is C25H29Cl2NO6S. The van der Waals surface area contributed by atoms with Crippen LogP contribution in [0.15, 0.2) is 48.5 Å². The quantitative estimate of drug-likeness (QED) is 0.360. The molecule has 190 valence electrons. The highest BCUT2D eigenvalue weighted by molar-refractivity contribution is 7.85. The van der Waals surface area contributed by atoms with Gasteiger partial charge in [0.05, 0.1) is 30.7 Å². The maximum absolute atomic E-state index is 14.1. The number of hydrogen-bond donors (Lipinski definition) is 1. The molecule has 0 saturated carbocycles. The molecule has 1 saturated heterocycles. The predicted molar refractivity (Wildman–Crippen MR) is 135 cm³/mol. The van der Waals surface area contributed by atoms with Crippen LogP contribution in [-0.4, -0.2) is 48.7 Å². The lowest BCUT2D eigenvalue weighted by atomic mass is 9.67. The normalized spacial score (nSPS) is 23.7. The van der Waals surface area contributed by atoms with Gasteiger partial charge in [-0.25, -0.2) is 0 Å². The zero-order chi connectivity index (χ0) is 26.0. The zero-order valence-corrected chi connectivity index (χ0v) is 22.1. The minimum Gasteiger partial charge on any atom is -0.469 e. The van der Waals surface area contributed by atoms with E-state index in [0.29, 0.717) is 16.5 Å². The number of esters is 1. The van der Waals surface area contributed by atoms with Crippen molar-refractivity contribution in [2.24, 2.45) is 5.41 Å². The number of rotatable bonds is 8. The van der Waals surface area contributed by atoms with Crippen LogP contribution in [0.3, 0.4) is 0 Å². The van der Waals surface area contributed by atoms with Crippen LogP contribution in [0, 0.1) is 5.41 Å². The van der Waals surface area contributed by atoms with Crippen molar-refractivity contribution in [1.29, 1.82) is 0 Å². The molecule has 4 atom stereocenters. The fourth-order valence-corrected chi connectivity index (χ4v) is 6.18. The van der Waals surface area contributed by atoms with Crippen LogP contribution in [0.5, 0.6) is 0 Å². The summed E-state index contributed by atoms with van der Waals surface area (Å²) in [4.78, 5) is 27.9. The summed E-state index contributed by atoms with van der Waals surface area (Å²) >= 11 is 12.4. The third kappa shape index (κ3) is 6.36. The molecular weight excluding hydrogens is 513 g/mol. The summed E-state index contributed by atoms with van der Waals surface area (Å²) in [5.74, 6) is -1.89. The van der Waals surface area contributed by atoms with Crippen LogP contribution in [0.1, 0.15) is 56.2 Å². The van der Waals surface area contributed by atoms with Gasteiger partial charge in [-0.05, 0) is 48.2 Å². The van der Waals surface area contributed by atoms with Crippen LogP contribution in [0.25, 0.3) is 0 Å². The molecule has 2 aromatic rings. The average Bonchev–Trinajstić information content (AvgIpc) is 2.79. The third-order valence-corrected chi connectivity index (χ3v) is 7.91. The molecule has 7 nitrogen and oxygen atoms in total. The number of piperidine rings is 1. The van der Waals surface area contributed by atoms with Crippen LogP contribution in [0.4, 0.5) is 0 Å². The van der Waals surface area contributed by atoms with Crippen molar-refractivity contribution in [3.8, 4) is 0 Å². The molecule has 1 aliphatic heterocycles. The molecule has 1 aliphatic rings. The predicted octanol–water partition coefficient (Wildman–Crippen LogP) is 5.29. The maximum Gasteiger partial charge on any atom is 0.306 e. The molecule has 0 bridgehead atoms. The highest BCUT2D eigenvalue weighted by Crippen LogP contribution is 2.52. The summed E-state index contributed by atoms with van der Waals surface area (Å²) in [5, 5.41) is 1.03. The summed E-state index contributed by atoms with van der Waals surface area (Å²) in [7, 11) is -3.14. The number of likely N-dealkylation sites (tertiary alicyclic amines) is 1. The van der Waals surface area contributed by atoms with Gasteiger partial charge >= 0.3 is 5.97 Å². The van der Waals surface area contributed by atoms with Gasteiger partial charge < -0.3 is 9.64 Å². The van der Waals surface area contributed by atoms with E-state index in [9.17, 15) is 22.6 Å². The molecule has 0 radical (unpaired) electrons. The molecule has 0 spiro atoms. The first-order valence-corrected chi connectivity index (χ1v) is 13.6. The van der Waals surface area contributed by atoms with Crippen LogP contribution >= 0.6 is 23.2 Å². The molecule has 35 heavy (non-hydrogen) atoms. The number of benzene rings is 2. The molecule has 1 N–H and O–H groups in total. The van der Waals surface area contributed by atoms with Gasteiger partial charge in [0.25, 0.3) is 10.1 Å². The Morgan fingerprint density at radius 2 is 1.83 bits per heavy atom. The number of halogens is 2. The number of hydrogen-bond acceptors (Lipinski definition) is 5. The van der Waals surface area contributed by atoms with E-state index in [-0.39, 0.29) is 24.7 Å². The summed E-state index contributed by atoms with van der Waals surface area (Å²) in [6.45, 7) is 3.44. The first kappa shape index (κ1) is 27.5. The minimum absolute atomic E-state index is 0.175. The van der Waals surface area contributed by atoms with E-state index in [2.05, 4.69) is 0 Å². The second kappa shape index (κ2) is 10.9. The van der Waals surface area contributed by atoms with Gasteiger partial charge in [-0.3, -0.25) is 14.1 Å². The number of ether oxygens (including phenoxy) is 1. The lowest BCUT2D eigenvalue weighted by Crippen LogP contribution is -2.57. The van der Waals surface area contributed by atoms with E-state index in [1.807, 2.05) is 18.2 Å². The number of carbonyl (C=O) groups is 2. The molecule has 4 unspecified atom stereocenters. The topological polar surface area (TPSA) is 101 Å². The zero-order valence-electron chi connectivity index (χ0n) is 19.8. The Kier molecular flexibility index (Phi) is 8.52. The van der Waals surface area contributed by atoms with Gasteiger partial charge in [0.2, 0.25) is 5.91 Å². The standard InChI is InChI=1S/C25H29Cl2NO6S/c1-4-20(15-35(31,32)33)28-23(16-8-10-18(26)11-9-16)21(17-6-5-7-19(27)12-17)13-25(2,24(28)30)14-22(29)34-3/h5-12,20-21,23H,4,13-15H2,1-3H3,(H,31,32,33). The molecule has 10 heteroatoms. The Morgan fingerprint density at radius 3 is 2.37 bits per heavy atom. The van der Waals surface area contributed by atoms with E-state index in [4.69, 9.17) is 27.9 Å². The average molecular weight is 542 g/mol. The van der Waals surface area contributed by atoms with Gasteiger partial charge in [0, 0.05) is 22.0 Å². The maximum atomic E-state index is 14.1. The lowest BCUT2D eigenvalue weighted by Gasteiger charge is -2.51. The second-order valence-corrected chi connectivity index (χ2v) is 11.6. The van der Waals surface area contributed by atoms with Gasteiger partial charge in [0.1, 0.15) is 0 Å². The van der Waals surface area contributed by atoms with Gasteiger partial charge in [-0.1, -0.05) is 61.3 Å². The smallest absolute Gasteiger partial charge is 0.306 e. The number of nitrogens with zero attached hydrogens (tertiary/aromatic N) is 1. The van der Waals surface area contributed by atoms with Crippen LogP contribution in [-0.2, 0) is 24.4 Å². The van der Waals surface area contributed by atoms with Crippen molar-refractivity contribution in [3.63, 3.8) is 0 Å². The molecule has 2 aromatic carbocycles. The molecule has 1 fully saturated rings. The summed E-state index contributed by atoms with van der Waals surface area (Å²) in [6, 6.07) is 12.9. The van der Waals surface area contributed by atoms with Crippen molar-refractivity contribution >= 4 is 45.2 Å². The number of carbonyl (C=O) groups excluding carboxylic acids is 2. The van der Waals surface area contributed by atoms with Crippen LogP contribution < -0.4 is 0 Å².